The quantitative estimate of drug-likeness (QED) is 0.826. The summed E-state index contributed by atoms with van der Waals surface area (Å²) in [6.07, 6.45) is 6.63. The van der Waals surface area contributed by atoms with Gasteiger partial charge >= 0.3 is 0 Å². The minimum absolute atomic E-state index is 0.0883. The lowest BCUT2D eigenvalue weighted by Crippen LogP contribution is -2.47. The Hall–Kier alpha value is -0.680. The normalized spacial score (nSPS) is 22.9. The predicted molar refractivity (Wildman–Crippen MR) is 91.8 cm³/mol. The highest BCUT2D eigenvalue weighted by molar-refractivity contribution is 9.10. The highest BCUT2D eigenvalue weighted by atomic mass is 79.9. The molecule has 3 nitrogen and oxygen atoms in total. The first kappa shape index (κ1) is 16.2. The standard InChI is InChI=1S/C18H24BrNO2/c19-16-8-6-15(7-9-16)18(21)17(14-4-2-1-3-5-14)20-10-12-22-13-11-20/h4,6-9,17-18,21H,1-3,5,10-13H2/t17-,18-/m1/s1. The van der Waals surface area contributed by atoms with Crippen LogP contribution in [0.5, 0.6) is 0 Å². The summed E-state index contributed by atoms with van der Waals surface area (Å²) in [5.74, 6) is 0. The number of aliphatic hydroxyl groups excluding tert-OH is 1. The number of rotatable bonds is 4. The number of aliphatic hydroxyl groups is 1. The second-order valence-electron chi connectivity index (χ2n) is 6.11. The van der Waals surface area contributed by atoms with Gasteiger partial charge in [-0.2, -0.15) is 0 Å². The predicted octanol–water partition coefficient (Wildman–Crippen LogP) is 3.68. The van der Waals surface area contributed by atoms with E-state index in [1.807, 2.05) is 24.3 Å². The summed E-state index contributed by atoms with van der Waals surface area (Å²) >= 11 is 3.46. The highest BCUT2D eigenvalue weighted by Crippen LogP contribution is 2.32. The van der Waals surface area contributed by atoms with E-state index in [9.17, 15) is 5.11 Å². The largest absolute Gasteiger partial charge is 0.386 e. The molecule has 1 saturated heterocycles. The van der Waals surface area contributed by atoms with Crippen molar-refractivity contribution in [3.05, 3.63) is 46.0 Å². The fourth-order valence-electron chi connectivity index (χ4n) is 3.47. The van der Waals surface area contributed by atoms with Crippen LogP contribution in [0.1, 0.15) is 37.4 Å². The maximum Gasteiger partial charge on any atom is 0.0983 e. The molecule has 4 heteroatoms. The lowest BCUT2D eigenvalue weighted by atomic mass is 9.87. The third-order valence-corrected chi connectivity index (χ3v) is 5.18. The molecule has 22 heavy (non-hydrogen) atoms. The van der Waals surface area contributed by atoms with Crippen molar-refractivity contribution in [2.24, 2.45) is 0 Å². The summed E-state index contributed by atoms with van der Waals surface area (Å²) in [4.78, 5) is 2.40. The number of nitrogens with zero attached hydrogens (tertiary/aromatic N) is 1. The lowest BCUT2D eigenvalue weighted by Gasteiger charge is -2.39. The summed E-state index contributed by atoms with van der Waals surface area (Å²) in [6, 6.07) is 8.14. The SMILES string of the molecule is O[C@H](c1ccc(Br)cc1)[C@@H](C1=CCCCC1)N1CCOCC1. The molecule has 2 atom stereocenters. The maximum absolute atomic E-state index is 11.0. The number of morpholine rings is 1. The zero-order chi connectivity index (χ0) is 15.4. The smallest absolute Gasteiger partial charge is 0.0983 e. The van der Waals surface area contributed by atoms with Gasteiger partial charge in [-0.1, -0.05) is 39.7 Å². The Morgan fingerprint density at radius 2 is 1.82 bits per heavy atom. The molecule has 0 unspecified atom stereocenters. The average Bonchev–Trinajstić information content (AvgIpc) is 2.57. The second-order valence-corrected chi connectivity index (χ2v) is 7.03. The van der Waals surface area contributed by atoms with Gasteiger partial charge < -0.3 is 9.84 Å². The number of benzene rings is 1. The Labute approximate surface area is 141 Å². The Balaban J connectivity index is 1.86. The van der Waals surface area contributed by atoms with Crippen molar-refractivity contribution in [1.29, 1.82) is 0 Å². The van der Waals surface area contributed by atoms with Gasteiger partial charge in [0.15, 0.2) is 0 Å². The molecule has 1 aromatic carbocycles. The molecule has 0 radical (unpaired) electrons. The minimum atomic E-state index is -0.476. The third-order valence-electron chi connectivity index (χ3n) is 4.66. The van der Waals surface area contributed by atoms with Crippen molar-refractivity contribution in [1.82, 2.24) is 4.90 Å². The monoisotopic (exact) mass is 365 g/mol. The lowest BCUT2D eigenvalue weighted by molar-refractivity contribution is -0.0123. The summed E-state index contributed by atoms with van der Waals surface area (Å²) in [5.41, 5.74) is 2.40. The van der Waals surface area contributed by atoms with E-state index in [1.165, 1.54) is 18.4 Å². The Morgan fingerprint density at radius 1 is 1.09 bits per heavy atom. The average molecular weight is 366 g/mol. The summed E-state index contributed by atoms with van der Waals surface area (Å²) in [5, 5.41) is 11.0. The molecule has 1 N–H and O–H groups in total. The van der Waals surface area contributed by atoms with Crippen LogP contribution in [0.2, 0.25) is 0 Å². The molecule has 1 heterocycles. The maximum atomic E-state index is 11.0. The van der Waals surface area contributed by atoms with Crippen molar-refractivity contribution in [2.75, 3.05) is 26.3 Å². The molecule has 1 aliphatic carbocycles. The van der Waals surface area contributed by atoms with Gasteiger partial charge in [0, 0.05) is 17.6 Å². The molecule has 1 aromatic rings. The fourth-order valence-corrected chi connectivity index (χ4v) is 3.73. The second kappa shape index (κ2) is 7.73. The molecule has 0 saturated carbocycles. The highest BCUT2D eigenvalue weighted by Gasteiger charge is 2.31. The van der Waals surface area contributed by atoms with Crippen LogP contribution in [0.3, 0.4) is 0 Å². The van der Waals surface area contributed by atoms with E-state index in [1.54, 1.807) is 0 Å². The van der Waals surface area contributed by atoms with E-state index in [2.05, 4.69) is 26.9 Å². The van der Waals surface area contributed by atoms with Crippen LogP contribution >= 0.6 is 15.9 Å². The number of allylic oxidation sites excluding steroid dienone is 1. The van der Waals surface area contributed by atoms with E-state index in [-0.39, 0.29) is 6.04 Å². The Morgan fingerprint density at radius 3 is 2.45 bits per heavy atom. The Bertz CT molecular complexity index is 508. The molecular formula is C18H24BrNO2. The van der Waals surface area contributed by atoms with E-state index in [4.69, 9.17) is 4.74 Å². The molecule has 2 aliphatic rings. The van der Waals surface area contributed by atoms with Gasteiger partial charge in [0.2, 0.25) is 0 Å². The van der Waals surface area contributed by atoms with Crippen LogP contribution in [-0.4, -0.2) is 42.4 Å². The van der Waals surface area contributed by atoms with Gasteiger partial charge in [0.1, 0.15) is 0 Å². The number of ether oxygens (including phenoxy) is 1. The number of hydrogen-bond acceptors (Lipinski definition) is 3. The molecule has 120 valence electrons. The van der Waals surface area contributed by atoms with Gasteiger partial charge in [-0.3, -0.25) is 4.90 Å². The first-order chi connectivity index (χ1) is 10.8. The molecule has 1 aliphatic heterocycles. The Kier molecular flexibility index (Phi) is 5.69. The summed E-state index contributed by atoms with van der Waals surface area (Å²) < 4.78 is 6.53. The first-order valence-electron chi connectivity index (χ1n) is 8.20. The summed E-state index contributed by atoms with van der Waals surface area (Å²) in [7, 11) is 0. The fraction of sp³-hybridized carbons (Fsp3) is 0.556. The van der Waals surface area contributed by atoms with E-state index in [0.717, 1.165) is 49.2 Å². The number of halogens is 1. The van der Waals surface area contributed by atoms with Crippen LogP contribution < -0.4 is 0 Å². The van der Waals surface area contributed by atoms with Crippen molar-refractivity contribution in [3.63, 3.8) is 0 Å². The van der Waals surface area contributed by atoms with Gasteiger partial charge in [-0.05, 0) is 43.4 Å². The van der Waals surface area contributed by atoms with Crippen molar-refractivity contribution in [3.8, 4) is 0 Å². The van der Waals surface area contributed by atoms with Crippen LogP contribution in [0.4, 0.5) is 0 Å². The van der Waals surface area contributed by atoms with Crippen LogP contribution in [0.15, 0.2) is 40.4 Å². The zero-order valence-corrected chi connectivity index (χ0v) is 14.5. The molecule has 3 rings (SSSR count). The van der Waals surface area contributed by atoms with Crippen LogP contribution in [0.25, 0.3) is 0 Å². The van der Waals surface area contributed by atoms with Crippen molar-refractivity contribution in [2.45, 2.75) is 37.8 Å². The molecule has 1 fully saturated rings. The van der Waals surface area contributed by atoms with Crippen LogP contribution in [-0.2, 0) is 4.74 Å². The van der Waals surface area contributed by atoms with E-state index >= 15 is 0 Å². The van der Waals surface area contributed by atoms with E-state index in [0.29, 0.717) is 0 Å². The minimum Gasteiger partial charge on any atom is -0.386 e. The van der Waals surface area contributed by atoms with Crippen molar-refractivity contribution < 1.29 is 9.84 Å². The van der Waals surface area contributed by atoms with Crippen LogP contribution in [0, 0.1) is 0 Å². The first-order valence-corrected chi connectivity index (χ1v) is 8.99. The zero-order valence-electron chi connectivity index (χ0n) is 12.9. The van der Waals surface area contributed by atoms with E-state index < -0.39 is 6.10 Å². The molecule has 0 spiro atoms. The van der Waals surface area contributed by atoms with Gasteiger partial charge in [-0.25, -0.2) is 0 Å². The van der Waals surface area contributed by atoms with Gasteiger partial charge in [0.05, 0.1) is 25.4 Å². The topological polar surface area (TPSA) is 32.7 Å². The van der Waals surface area contributed by atoms with Crippen molar-refractivity contribution >= 4 is 15.9 Å². The number of hydrogen-bond donors (Lipinski definition) is 1. The third kappa shape index (κ3) is 3.80. The molecular weight excluding hydrogens is 342 g/mol. The molecule has 0 amide bonds. The molecule has 0 bridgehead atoms. The van der Waals surface area contributed by atoms with Gasteiger partial charge in [-0.15, -0.1) is 0 Å². The summed E-state index contributed by atoms with van der Waals surface area (Å²) in [6.45, 7) is 3.32. The molecule has 0 aromatic heterocycles. The van der Waals surface area contributed by atoms with Gasteiger partial charge in [0.25, 0.3) is 0 Å².